The Labute approximate surface area is 103 Å². The Morgan fingerprint density at radius 3 is 3.00 bits per heavy atom. The normalized spacial score (nSPS) is 18.8. The Morgan fingerprint density at radius 1 is 1.50 bits per heavy atom. The summed E-state index contributed by atoms with van der Waals surface area (Å²) < 4.78 is 1.67. The molecule has 6 heteroatoms. The van der Waals surface area contributed by atoms with Crippen LogP contribution in [0.2, 0.25) is 0 Å². The maximum Gasteiger partial charge on any atom is 0.326 e. The molecule has 4 N–H and O–H groups in total. The maximum absolute atomic E-state index is 11.9. The summed E-state index contributed by atoms with van der Waals surface area (Å²) >= 11 is 0. The monoisotopic (exact) mass is 246 g/mol. The molecule has 0 bridgehead atoms. The van der Waals surface area contributed by atoms with Crippen molar-refractivity contribution in [3.63, 3.8) is 0 Å². The highest BCUT2D eigenvalue weighted by molar-refractivity contribution is 5.99. The number of nitrogens with one attached hydrogen (secondary N) is 2. The Hall–Kier alpha value is -2.08. The average molecular weight is 246 g/mol. The molecular formula is C12H14N4O2. The number of imidazole rings is 1. The van der Waals surface area contributed by atoms with Gasteiger partial charge in [-0.25, -0.2) is 4.79 Å². The number of carbonyl (C=O) groups excluding carboxylic acids is 1. The third-order valence-electron chi connectivity index (χ3n) is 3.39. The Balaban J connectivity index is 2.41. The van der Waals surface area contributed by atoms with Crippen LogP contribution in [0.1, 0.15) is 22.8 Å². The van der Waals surface area contributed by atoms with E-state index in [0.29, 0.717) is 18.7 Å². The van der Waals surface area contributed by atoms with Gasteiger partial charge >= 0.3 is 5.69 Å². The van der Waals surface area contributed by atoms with Crippen molar-refractivity contribution in [1.29, 1.82) is 0 Å². The molecule has 0 saturated carbocycles. The first-order chi connectivity index (χ1) is 8.58. The predicted octanol–water partition coefficient (Wildman–Crippen LogP) is -0.0798. The number of hydrogen-bond acceptors (Lipinski definition) is 3. The van der Waals surface area contributed by atoms with Crippen LogP contribution in [0.5, 0.6) is 0 Å². The van der Waals surface area contributed by atoms with E-state index in [9.17, 15) is 9.59 Å². The van der Waals surface area contributed by atoms with Gasteiger partial charge < -0.3 is 16.0 Å². The zero-order valence-electron chi connectivity index (χ0n) is 9.99. The fourth-order valence-electron chi connectivity index (χ4n) is 2.53. The molecule has 2 heterocycles. The molecule has 1 aliphatic rings. The van der Waals surface area contributed by atoms with Crippen LogP contribution in [0.3, 0.4) is 0 Å². The molecule has 1 aromatic carbocycles. The van der Waals surface area contributed by atoms with Crippen molar-refractivity contribution in [3.8, 4) is 0 Å². The summed E-state index contributed by atoms with van der Waals surface area (Å²) in [6.07, 6.45) is 0. The zero-order valence-corrected chi connectivity index (χ0v) is 9.99. The summed E-state index contributed by atoms with van der Waals surface area (Å²) in [4.78, 5) is 26.2. The van der Waals surface area contributed by atoms with Gasteiger partial charge in [-0.3, -0.25) is 9.36 Å². The van der Waals surface area contributed by atoms with Gasteiger partial charge in [0.1, 0.15) is 0 Å². The van der Waals surface area contributed by atoms with Crippen LogP contribution in [-0.2, 0) is 13.1 Å². The summed E-state index contributed by atoms with van der Waals surface area (Å²) in [5.74, 6) is -0.469. The number of nitrogens with two attached hydrogens (primary N) is 1. The van der Waals surface area contributed by atoms with Crippen LogP contribution in [0.4, 0.5) is 0 Å². The second-order valence-corrected chi connectivity index (χ2v) is 4.67. The standard InChI is InChI=1S/C12H14N4O2/c1-6-5-16-10-8(4-14-6)7(11(13)17)2-3-9(10)15-12(16)18/h2-3,6,14H,4-5H2,1H3,(H2,13,17)(H,15,18)/t6-/m0/s1. The molecule has 1 amide bonds. The topological polar surface area (TPSA) is 92.9 Å². The molecule has 0 spiro atoms. The average Bonchev–Trinajstić information content (AvgIpc) is 2.52. The lowest BCUT2D eigenvalue weighted by molar-refractivity contribution is 0.0999. The molecule has 94 valence electrons. The third kappa shape index (κ3) is 1.46. The van der Waals surface area contributed by atoms with Crippen molar-refractivity contribution in [3.05, 3.63) is 33.7 Å². The molecule has 1 atom stereocenters. The second kappa shape index (κ2) is 3.71. The van der Waals surface area contributed by atoms with Crippen molar-refractivity contribution in [2.75, 3.05) is 0 Å². The van der Waals surface area contributed by atoms with Gasteiger partial charge in [0.15, 0.2) is 0 Å². The van der Waals surface area contributed by atoms with E-state index in [0.717, 1.165) is 16.6 Å². The lowest BCUT2D eigenvalue weighted by atomic mass is 10.0. The summed E-state index contributed by atoms with van der Waals surface area (Å²) in [5, 5.41) is 3.28. The molecule has 1 aromatic heterocycles. The highest BCUT2D eigenvalue weighted by atomic mass is 16.1. The Kier molecular flexibility index (Phi) is 2.27. The van der Waals surface area contributed by atoms with Crippen molar-refractivity contribution in [1.82, 2.24) is 14.9 Å². The first kappa shape index (κ1) is 11.0. The largest absolute Gasteiger partial charge is 0.366 e. The highest BCUT2D eigenvalue weighted by Gasteiger charge is 2.21. The fourth-order valence-corrected chi connectivity index (χ4v) is 2.53. The van der Waals surface area contributed by atoms with Gasteiger partial charge in [0.2, 0.25) is 5.91 Å². The second-order valence-electron chi connectivity index (χ2n) is 4.67. The maximum atomic E-state index is 11.9. The molecule has 3 rings (SSSR count). The van der Waals surface area contributed by atoms with Crippen molar-refractivity contribution >= 4 is 16.9 Å². The molecule has 18 heavy (non-hydrogen) atoms. The number of aromatic amines is 1. The lowest BCUT2D eigenvalue weighted by Crippen LogP contribution is -2.31. The van der Waals surface area contributed by atoms with Gasteiger partial charge in [-0.05, 0) is 19.1 Å². The van der Waals surface area contributed by atoms with E-state index in [1.165, 1.54) is 0 Å². The van der Waals surface area contributed by atoms with E-state index in [-0.39, 0.29) is 11.7 Å². The number of carbonyl (C=O) groups is 1. The number of benzene rings is 1. The van der Waals surface area contributed by atoms with Crippen LogP contribution >= 0.6 is 0 Å². The smallest absolute Gasteiger partial charge is 0.326 e. The van der Waals surface area contributed by atoms with Gasteiger partial charge in [-0.2, -0.15) is 0 Å². The fraction of sp³-hybridized carbons (Fsp3) is 0.333. The molecule has 0 fully saturated rings. The third-order valence-corrected chi connectivity index (χ3v) is 3.39. The van der Waals surface area contributed by atoms with E-state index < -0.39 is 5.91 Å². The summed E-state index contributed by atoms with van der Waals surface area (Å²) in [6.45, 7) is 3.11. The van der Waals surface area contributed by atoms with Gasteiger partial charge in [-0.1, -0.05) is 0 Å². The van der Waals surface area contributed by atoms with E-state index in [2.05, 4.69) is 10.3 Å². The van der Waals surface area contributed by atoms with Gasteiger partial charge in [-0.15, -0.1) is 0 Å². The molecule has 2 aromatic rings. The molecule has 6 nitrogen and oxygen atoms in total. The Bertz CT molecular complexity index is 698. The first-order valence-corrected chi connectivity index (χ1v) is 5.85. The molecule has 0 aliphatic carbocycles. The number of rotatable bonds is 1. The molecule has 0 saturated heterocycles. The molecule has 1 aliphatic heterocycles. The SMILES string of the molecule is C[C@H]1Cn2c(=O)[nH]c3ccc(C(N)=O)c(c32)CN1. The van der Waals surface area contributed by atoms with Crippen LogP contribution in [-0.4, -0.2) is 21.5 Å². The minimum absolute atomic E-state index is 0.150. The van der Waals surface area contributed by atoms with E-state index in [1.54, 1.807) is 16.7 Å². The molecule has 0 radical (unpaired) electrons. The van der Waals surface area contributed by atoms with Crippen LogP contribution < -0.4 is 16.7 Å². The summed E-state index contributed by atoms with van der Waals surface area (Å²) in [6, 6.07) is 3.56. The van der Waals surface area contributed by atoms with Gasteiger partial charge in [0, 0.05) is 30.3 Å². The molecular weight excluding hydrogens is 232 g/mol. The first-order valence-electron chi connectivity index (χ1n) is 5.85. The number of primary amides is 1. The number of nitrogens with zero attached hydrogens (tertiary/aromatic N) is 1. The predicted molar refractivity (Wildman–Crippen MR) is 67.4 cm³/mol. The van der Waals surface area contributed by atoms with E-state index >= 15 is 0 Å². The van der Waals surface area contributed by atoms with Gasteiger partial charge in [0.25, 0.3) is 0 Å². The summed E-state index contributed by atoms with van der Waals surface area (Å²) in [5.41, 5.74) is 8.03. The van der Waals surface area contributed by atoms with Crippen molar-refractivity contribution in [2.24, 2.45) is 5.73 Å². The number of aromatic nitrogens is 2. The Morgan fingerprint density at radius 2 is 2.28 bits per heavy atom. The molecule has 0 unspecified atom stereocenters. The quantitative estimate of drug-likeness (QED) is 0.657. The minimum Gasteiger partial charge on any atom is -0.366 e. The van der Waals surface area contributed by atoms with Crippen molar-refractivity contribution < 1.29 is 4.79 Å². The van der Waals surface area contributed by atoms with Crippen LogP contribution in [0.25, 0.3) is 11.0 Å². The number of hydrogen-bond donors (Lipinski definition) is 3. The number of H-pyrrole nitrogens is 1. The zero-order chi connectivity index (χ0) is 12.9. The van der Waals surface area contributed by atoms with Crippen LogP contribution in [0, 0.1) is 0 Å². The summed E-state index contributed by atoms with van der Waals surface area (Å²) in [7, 11) is 0. The van der Waals surface area contributed by atoms with E-state index in [1.807, 2.05) is 6.92 Å². The lowest BCUT2D eigenvalue weighted by Gasteiger charge is -2.09. The van der Waals surface area contributed by atoms with Crippen LogP contribution in [0.15, 0.2) is 16.9 Å². The highest BCUT2D eigenvalue weighted by Crippen LogP contribution is 2.22. The van der Waals surface area contributed by atoms with Gasteiger partial charge in [0.05, 0.1) is 11.0 Å². The van der Waals surface area contributed by atoms with E-state index in [4.69, 9.17) is 5.73 Å². The number of amides is 1. The minimum atomic E-state index is -0.469. The van der Waals surface area contributed by atoms with Crippen molar-refractivity contribution in [2.45, 2.75) is 26.1 Å².